The molecule has 31 heavy (non-hydrogen) atoms. The van der Waals surface area contributed by atoms with Crippen LogP contribution in [0.4, 0.5) is 0 Å². The summed E-state index contributed by atoms with van der Waals surface area (Å²) in [5.74, 6) is 0. The summed E-state index contributed by atoms with van der Waals surface area (Å²) >= 11 is 4.26. The molecule has 0 heterocycles. The van der Waals surface area contributed by atoms with Crippen LogP contribution in [0.25, 0.3) is 0 Å². The Kier molecular flexibility index (Phi) is 9.59. The van der Waals surface area contributed by atoms with E-state index in [9.17, 15) is 0 Å². The zero-order chi connectivity index (χ0) is 22.4. The summed E-state index contributed by atoms with van der Waals surface area (Å²) < 4.78 is 4.67. The van der Waals surface area contributed by atoms with E-state index in [2.05, 4.69) is 114 Å². The number of hydrogen-bond acceptors (Lipinski definition) is 3. The van der Waals surface area contributed by atoms with E-state index in [1.54, 1.807) is 13.1 Å². The van der Waals surface area contributed by atoms with E-state index in [-0.39, 0.29) is 0 Å². The Hall–Kier alpha value is -0.732. The van der Waals surface area contributed by atoms with Crippen molar-refractivity contribution in [1.29, 1.82) is 0 Å². The molecule has 0 saturated carbocycles. The van der Waals surface area contributed by atoms with Gasteiger partial charge in [0.25, 0.3) is 0 Å². The van der Waals surface area contributed by atoms with E-state index in [0.29, 0.717) is 15.7 Å². The van der Waals surface area contributed by atoms with Crippen LogP contribution in [0, 0.1) is 0 Å². The van der Waals surface area contributed by atoms with Crippen LogP contribution in [0.3, 0.4) is 0 Å². The van der Waals surface area contributed by atoms with Gasteiger partial charge in [-0.2, -0.15) is 0 Å². The molecular weight excluding hydrogens is 495 g/mol. The van der Waals surface area contributed by atoms with Crippen molar-refractivity contribution in [2.45, 2.75) is 72.0 Å². The summed E-state index contributed by atoms with van der Waals surface area (Å²) in [5, 5.41) is 1.70. The van der Waals surface area contributed by atoms with Gasteiger partial charge < -0.3 is 0 Å². The molecule has 3 aromatic carbocycles. The summed E-state index contributed by atoms with van der Waals surface area (Å²) in [7, 11) is 0. The van der Waals surface area contributed by atoms with Gasteiger partial charge in [-0.1, -0.05) is 0 Å². The summed E-state index contributed by atoms with van der Waals surface area (Å²) in [5.41, 5.74) is 0. The molecule has 0 saturated heterocycles. The summed E-state index contributed by atoms with van der Waals surface area (Å²) in [6.07, 6.45) is 0. The predicted molar refractivity (Wildman–Crippen MR) is 147 cm³/mol. The van der Waals surface area contributed by atoms with Crippen molar-refractivity contribution in [2.24, 2.45) is 0 Å². The summed E-state index contributed by atoms with van der Waals surface area (Å²) in [6, 6.07) is 27.5. The first-order valence-electron chi connectivity index (χ1n) is 10.9. The van der Waals surface area contributed by atoms with E-state index in [0.717, 1.165) is 0 Å². The molecular formula is C27H33AsS3. The van der Waals surface area contributed by atoms with E-state index in [1.165, 1.54) is 14.7 Å². The maximum atomic E-state index is 2.40. The zero-order valence-corrected chi connectivity index (χ0v) is 23.7. The van der Waals surface area contributed by atoms with Crippen LogP contribution in [-0.4, -0.2) is 30.4 Å². The SMILES string of the molecule is CC(C)Sc1ccccc1[As](c1ccccc1SC(C)C)c1ccccc1SC(C)C. The van der Waals surface area contributed by atoms with Crippen molar-refractivity contribution >= 4 is 63.0 Å². The van der Waals surface area contributed by atoms with Crippen LogP contribution in [-0.2, 0) is 0 Å². The van der Waals surface area contributed by atoms with E-state index in [4.69, 9.17) is 0 Å². The molecule has 0 aliphatic heterocycles. The Labute approximate surface area is 206 Å². The predicted octanol–water partition coefficient (Wildman–Crippen LogP) is 6.70. The third kappa shape index (κ3) is 6.87. The quantitative estimate of drug-likeness (QED) is 0.224. The maximum absolute atomic E-state index is 2.40. The minimum absolute atomic E-state index is 0.567. The average Bonchev–Trinajstić information content (AvgIpc) is 2.70. The summed E-state index contributed by atoms with van der Waals surface area (Å²) in [4.78, 5) is 4.35. The van der Waals surface area contributed by atoms with Gasteiger partial charge >= 0.3 is 208 Å². The van der Waals surface area contributed by atoms with Crippen molar-refractivity contribution in [3.05, 3.63) is 72.8 Å². The first-order valence-corrected chi connectivity index (χ1v) is 16.4. The van der Waals surface area contributed by atoms with Crippen LogP contribution in [0.2, 0.25) is 0 Å². The third-order valence-electron chi connectivity index (χ3n) is 4.41. The van der Waals surface area contributed by atoms with Crippen molar-refractivity contribution in [1.82, 2.24) is 0 Å². The van der Waals surface area contributed by atoms with Gasteiger partial charge in [0.15, 0.2) is 0 Å². The van der Waals surface area contributed by atoms with E-state index in [1.807, 2.05) is 35.3 Å². The molecule has 0 unspecified atom stereocenters. The van der Waals surface area contributed by atoms with Crippen molar-refractivity contribution in [2.75, 3.05) is 0 Å². The number of benzene rings is 3. The second-order valence-corrected chi connectivity index (χ2v) is 17.5. The Morgan fingerprint density at radius 3 is 0.968 bits per heavy atom. The van der Waals surface area contributed by atoms with Gasteiger partial charge in [-0.25, -0.2) is 0 Å². The van der Waals surface area contributed by atoms with Gasteiger partial charge in [0.05, 0.1) is 0 Å². The molecule has 164 valence electrons. The second-order valence-electron chi connectivity index (χ2n) is 8.24. The molecule has 0 fully saturated rings. The van der Waals surface area contributed by atoms with Crippen LogP contribution >= 0.6 is 35.3 Å². The second kappa shape index (κ2) is 11.9. The standard InChI is InChI=1S/C27H33AsS3/c1-19(2)29-25-16-10-7-13-22(25)28(23-14-8-11-17-26(23)30-20(3)4)24-15-9-12-18-27(24)31-21(5)6/h7-21H,1-6H3. The number of thioether (sulfide) groups is 3. The fourth-order valence-electron chi connectivity index (χ4n) is 3.38. The molecule has 0 N–H and O–H groups in total. The van der Waals surface area contributed by atoms with Crippen molar-refractivity contribution in [3.8, 4) is 0 Å². The molecule has 0 bridgehead atoms. The zero-order valence-electron chi connectivity index (χ0n) is 19.3. The summed E-state index contributed by atoms with van der Waals surface area (Å²) in [6.45, 7) is 13.8. The van der Waals surface area contributed by atoms with Gasteiger partial charge in [0.2, 0.25) is 0 Å². The molecule has 0 aliphatic carbocycles. The van der Waals surface area contributed by atoms with Crippen LogP contribution in [0.1, 0.15) is 41.5 Å². The Balaban J connectivity index is 2.26. The molecule has 0 nitrogen and oxygen atoms in total. The Bertz CT molecular complexity index is 854. The van der Waals surface area contributed by atoms with Crippen LogP contribution < -0.4 is 13.1 Å². The molecule has 3 aromatic rings. The monoisotopic (exact) mass is 528 g/mol. The fraction of sp³-hybridized carbons (Fsp3) is 0.333. The molecule has 4 heteroatoms. The molecule has 0 radical (unpaired) electrons. The van der Waals surface area contributed by atoms with Gasteiger partial charge in [-0.15, -0.1) is 0 Å². The van der Waals surface area contributed by atoms with E-state index >= 15 is 0 Å². The first-order chi connectivity index (χ1) is 14.9. The van der Waals surface area contributed by atoms with Crippen molar-refractivity contribution < 1.29 is 0 Å². The molecule has 3 rings (SSSR count). The third-order valence-corrected chi connectivity index (χ3v) is 14.1. The average molecular weight is 529 g/mol. The van der Waals surface area contributed by atoms with Crippen LogP contribution in [0.15, 0.2) is 87.5 Å². The van der Waals surface area contributed by atoms with Gasteiger partial charge in [0.1, 0.15) is 0 Å². The Morgan fingerprint density at radius 1 is 0.452 bits per heavy atom. The minimum atomic E-state index is -1.76. The van der Waals surface area contributed by atoms with Gasteiger partial charge in [-0.05, 0) is 0 Å². The number of rotatable bonds is 9. The van der Waals surface area contributed by atoms with E-state index < -0.39 is 14.7 Å². The molecule has 0 aromatic heterocycles. The first kappa shape index (κ1) is 24.9. The molecule has 0 aliphatic rings. The molecule has 0 spiro atoms. The molecule has 0 atom stereocenters. The molecule has 0 amide bonds. The van der Waals surface area contributed by atoms with Crippen LogP contribution in [0.5, 0.6) is 0 Å². The normalized spacial score (nSPS) is 11.8. The Morgan fingerprint density at radius 2 is 0.710 bits per heavy atom. The van der Waals surface area contributed by atoms with Crippen molar-refractivity contribution in [3.63, 3.8) is 0 Å². The number of hydrogen-bond donors (Lipinski definition) is 0. The van der Waals surface area contributed by atoms with Gasteiger partial charge in [-0.3, -0.25) is 0 Å². The topological polar surface area (TPSA) is 0 Å². The van der Waals surface area contributed by atoms with Gasteiger partial charge in [0, 0.05) is 0 Å². The fourth-order valence-corrected chi connectivity index (χ4v) is 13.3.